The molecule has 214 valence electrons. The molecule has 0 aliphatic rings. The highest BCUT2D eigenvalue weighted by Crippen LogP contribution is 2.33. The molecule has 3 aromatic carbocycles. The Balaban J connectivity index is 1.51. The molecule has 1 atom stereocenters. The minimum atomic E-state index is -0.220. The molecule has 0 aliphatic carbocycles. The standard InChI is InChI=1S/C37H37IN2O2/c1-36(2,3)26-13-7-23(8-14-26)33(30-20-22-32(40-30)35(42)25-11-17-28(38)18-12-25)29-19-21-31(39-29)34(41)24-9-15-27(16-10-24)37(4,5)6/h7-22,33,39-40H,1-6H3. The number of aromatic nitrogens is 2. The van der Waals surface area contributed by atoms with Crippen LogP contribution in [-0.4, -0.2) is 21.5 Å². The van der Waals surface area contributed by atoms with Crippen LogP contribution in [0.5, 0.6) is 0 Å². The van der Waals surface area contributed by atoms with E-state index in [-0.39, 0.29) is 28.3 Å². The molecular weight excluding hydrogens is 631 g/mol. The summed E-state index contributed by atoms with van der Waals surface area (Å²) in [5.74, 6) is -0.327. The van der Waals surface area contributed by atoms with Gasteiger partial charge in [0.15, 0.2) is 0 Å². The lowest BCUT2D eigenvalue weighted by Gasteiger charge is -2.21. The molecular formula is C37H37IN2O2. The molecule has 2 heterocycles. The normalized spacial score (nSPS) is 12.7. The second-order valence-corrected chi connectivity index (χ2v) is 14.2. The summed E-state index contributed by atoms with van der Waals surface area (Å²) < 4.78 is 1.08. The fourth-order valence-corrected chi connectivity index (χ4v) is 5.52. The van der Waals surface area contributed by atoms with Gasteiger partial charge in [-0.15, -0.1) is 0 Å². The SMILES string of the molecule is CC(C)(C)c1ccc(C(=O)c2ccc(C(c3ccc(C(C)(C)C)cc3)c3ccc(C(=O)c4ccc(I)cc4)[nH]3)[nH]2)cc1. The van der Waals surface area contributed by atoms with Gasteiger partial charge in [0.2, 0.25) is 11.6 Å². The molecule has 4 nitrogen and oxygen atoms in total. The maximum atomic E-state index is 13.5. The van der Waals surface area contributed by atoms with E-state index in [0.29, 0.717) is 22.5 Å². The van der Waals surface area contributed by atoms with Crippen LogP contribution in [-0.2, 0) is 10.8 Å². The van der Waals surface area contributed by atoms with Crippen molar-refractivity contribution < 1.29 is 9.59 Å². The van der Waals surface area contributed by atoms with Crippen LogP contribution in [0.4, 0.5) is 0 Å². The van der Waals surface area contributed by atoms with E-state index in [9.17, 15) is 9.59 Å². The Morgan fingerprint density at radius 2 is 0.929 bits per heavy atom. The zero-order valence-corrected chi connectivity index (χ0v) is 27.2. The van der Waals surface area contributed by atoms with Crippen molar-refractivity contribution in [2.75, 3.05) is 0 Å². The number of benzene rings is 3. The maximum Gasteiger partial charge on any atom is 0.209 e. The topological polar surface area (TPSA) is 65.7 Å². The molecule has 5 heteroatoms. The molecule has 0 amide bonds. The highest BCUT2D eigenvalue weighted by molar-refractivity contribution is 14.1. The third kappa shape index (κ3) is 6.36. The highest BCUT2D eigenvalue weighted by atomic mass is 127. The van der Waals surface area contributed by atoms with Crippen molar-refractivity contribution in [2.24, 2.45) is 0 Å². The Labute approximate surface area is 262 Å². The Bertz CT molecular complexity index is 1710. The van der Waals surface area contributed by atoms with Crippen LogP contribution < -0.4 is 0 Å². The van der Waals surface area contributed by atoms with Crippen molar-refractivity contribution in [3.63, 3.8) is 0 Å². The van der Waals surface area contributed by atoms with Gasteiger partial charge < -0.3 is 9.97 Å². The molecule has 0 radical (unpaired) electrons. The number of carbonyl (C=O) groups excluding carboxylic acids is 2. The molecule has 0 saturated carbocycles. The lowest BCUT2D eigenvalue weighted by atomic mass is 9.84. The van der Waals surface area contributed by atoms with Gasteiger partial charge >= 0.3 is 0 Å². The first-order chi connectivity index (χ1) is 19.8. The highest BCUT2D eigenvalue weighted by Gasteiger charge is 2.24. The first-order valence-electron chi connectivity index (χ1n) is 14.2. The largest absolute Gasteiger partial charge is 0.355 e. The third-order valence-corrected chi connectivity index (χ3v) is 8.48. The van der Waals surface area contributed by atoms with Crippen LogP contribution in [0.2, 0.25) is 0 Å². The van der Waals surface area contributed by atoms with E-state index in [2.05, 4.69) is 98.4 Å². The van der Waals surface area contributed by atoms with E-state index in [4.69, 9.17) is 0 Å². The summed E-state index contributed by atoms with van der Waals surface area (Å²) in [6.45, 7) is 13.1. The molecule has 0 fully saturated rings. The van der Waals surface area contributed by atoms with Crippen molar-refractivity contribution in [2.45, 2.75) is 58.3 Å². The molecule has 0 aliphatic heterocycles. The summed E-state index contributed by atoms with van der Waals surface area (Å²) in [7, 11) is 0. The van der Waals surface area contributed by atoms with E-state index in [0.717, 1.165) is 20.5 Å². The molecule has 0 saturated heterocycles. The van der Waals surface area contributed by atoms with Crippen LogP contribution in [0.3, 0.4) is 0 Å². The van der Waals surface area contributed by atoms with Gasteiger partial charge in [-0.2, -0.15) is 0 Å². The van der Waals surface area contributed by atoms with Gasteiger partial charge in [-0.05, 0) is 98.6 Å². The van der Waals surface area contributed by atoms with Gasteiger partial charge in [-0.3, -0.25) is 9.59 Å². The van der Waals surface area contributed by atoms with Crippen molar-refractivity contribution in [1.82, 2.24) is 9.97 Å². The smallest absolute Gasteiger partial charge is 0.209 e. The summed E-state index contributed by atoms with van der Waals surface area (Å²) in [5.41, 5.74) is 7.65. The third-order valence-electron chi connectivity index (χ3n) is 7.76. The Hall–Kier alpha value is -3.71. The van der Waals surface area contributed by atoms with E-state index in [1.54, 1.807) is 0 Å². The molecule has 5 aromatic rings. The second-order valence-electron chi connectivity index (χ2n) is 13.0. The van der Waals surface area contributed by atoms with Gasteiger partial charge in [0, 0.05) is 26.1 Å². The molecule has 5 rings (SSSR count). The second kappa shape index (κ2) is 11.5. The summed E-state index contributed by atoms with van der Waals surface area (Å²) >= 11 is 2.24. The zero-order chi connectivity index (χ0) is 30.2. The van der Waals surface area contributed by atoms with Gasteiger partial charge in [0.05, 0.1) is 17.3 Å². The van der Waals surface area contributed by atoms with Crippen LogP contribution in [0.1, 0.15) is 108 Å². The van der Waals surface area contributed by atoms with E-state index >= 15 is 0 Å². The lowest BCUT2D eigenvalue weighted by Crippen LogP contribution is -2.12. The summed E-state index contributed by atoms with van der Waals surface area (Å²) in [6.07, 6.45) is 0. The fraction of sp³-hybridized carbons (Fsp3) is 0.243. The number of halogens is 1. The van der Waals surface area contributed by atoms with Gasteiger partial charge in [0.1, 0.15) is 0 Å². The molecule has 0 bridgehead atoms. The predicted octanol–water partition coefficient (Wildman–Crippen LogP) is 9.18. The number of nitrogens with one attached hydrogen (secondary N) is 2. The summed E-state index contributed by atoms with van der Waals surface area (Å²) in [5, 5.41) is 0. The van der Waals surface area contributed by atoms with E-state index in [1.807, 2.05) is 72.8 Å². The Morgan fingerprint density at radius 3 is 1.33 bits per heavy atom. The fourth-order valence-electron chi connectivity index (χ4n) is 5.16. The average molecular weight is 669 g/mol. The predicted molar refractivity (Wildman–Crippen MR) is 179 cm³/mol. The number of aromatic amines is 2. The lowest BCUT2D eigenvalue weighted by molar-refractivity contribution is 0.102. The number of carbonyl (C=O) groups is 2. The minimum Gasteiger partial charge on any atom is -0.355 e. The number of hydrogen-bond donors (Lipinski definition) is 2. The van der Waals surface area contributed by atoms with Crippen LogP contribution in [0.25, 0.3) is 0 Å². The zero-order valence-electron chi connectivity index (χ0n) is 25.0. The van der Waals surface area contributed by atoms with Gasteiger partial charge in [-0.1, -0.05) is 90.1 Å². The first kappa shape index (κ1) is 29.8. The summed E-state index contributed by atoms with van der Waals surface area (Å²) in [6, 6.07) is 31.7. The minimum absolute atomic E-state index is 0.0202. The molecule has 2 N–H and O–H groups in total. The summed E-state index contributed by atoms with van der Waals surface area (Å²) in [4.78, 5) is 33.6. The number of H-pyrrole nitrogens is 2. The quantitative estimate of drug-likeness (QED) is 0.134. The first-order valence-corrected chi connectivity index (χ1v) is 15.3. The Morgan fingerprint density at radius 1 is 0.548 bits per heavy atom. The van der Waals surface area contributed by atoms with Crippen LogP contribution >= 0.6 is 22.6 Å². The maximum absolute atomic E-state index is 13.5. The number of hydrogen-bond acceptors (Lipinski definition) is 2. The van der Waals surface area contributed by atoms with Gasteiger partial charge in [-0.25, -0.2) is 0 Å². The van der Waals surface area contributed by atoms with Crippen molar-refractivity contribution in [1.29, 1.82) is 0 Å². The molecule has 0 spiro atoms. The van der Waals surface area contributed by atoms with Gasteiger partial charge in [0.25, 0.3) is 0 Å². The monoisotopic (exact) mass is 668 g/mol. The van der Waals surface area contributed by atoms with Crippen molar-refractivity contribution in [3.8, 4) is 0 Å². The van der Waals surface area contributed by atoms with Crippen LogP contribution in [0.15, 0.2) is 97.1 Å². The molecule has 2 aromatic heterocycles. The molecule has 42 heavy (non-hydrogen) atoms. The number of ketones is 2. The van der Waals surface area contributed by atoms with E-state index < -0.39 is 0 Å². The van der Waals surface area contributed by atoms with E-state index in [1.165, 1.54) is 11.1 Å². The van der Waals surface area contributed by atoms with Crippen LogP contribution in [0, 0.1) is 3.57 Å². The molecule has 1 unspecified atom stereocenters. The van der Waals surface area contributed by atoms with Crippen molar-refractivity contribution >= 4 is 34.2 Å². The number of rotatable bonds is 7. The Kier molecular flexibility index (Phi) is 8.17. The average Bonchev–Trinajstić information content (AvgIpc) is 3.63. The van der Waals surface area contributed by atoms with Crippen molar-refractivity contribution in [3.05, 3.63) is 151 Å².